The average Bonchev–Trinajstić information content (AvgIpc) is 2.08. The molecule has 0 spiro atoms. The summed E-state index contributed by atoms with van der Waals surface area (Å²) in [6, 6.07) is 0. The van der Waals surface area contributed by atoms with E-state index < -0.39 is 5.97 Å². The van der Waals surface area contributed by atoms with Gasteiger partial charge in [0.15, 0.2) is 0 Å². The monoisotopic (exact) mass is 234 g/mol. The Kier molecular flexibility index (Phi) is 2.10. The van der Waals surface area contributed by atoms with Crippen molar-refractivity contribution in [2.45, 2.75) is 52.4 Å². The Labute approximate surface area is 103 Å². The summed E-state index contributed by atoms with van der Waals surface area (Å²) < 4.78 is 0. The number of allylic oxidation sites excluding steroid dienone is 1. The van der Waals surface area contributed by atoms with Crippen molar-refractivity contribution in [2.24, 2.45) is 22.2 Å². The molecule has 4 aliphatic rings. The summed E-state index contributed by atoms with van der Waals surface area (Å²) >= 11 is 0. The van der Waals surface area contributed by atoms with Crippen molar-refractivity contribution in [3.05, 3.63) is 12.2 Å². The zero-order valence-corrected chi connectivity index (χ0v) is 10.8. The van der Waals surface area contributed by atoms with Crippen molar-refractivity contribution in [1.82, 2.24) is 0 Å². The minimum absolute atomic E-state index is 0.196. The zero-order chi connectivity index (χ0) is 12.3. The highest BCUT2D eigenvalue weighted by molar-refractivity contribution is 5.79. The Balaban J connectivity index is 1.94. The number of hydrogen-bond donors (Lipinski definition) is 1. The van der Waals surface area contributed by atoms with Crippen LogP contribution in [0, 0.1) is 22.2 Å². The Morgan fingerprint density at radius 2 is 1.71 bits per heavy atom. The van der Waals surface area contributed by atoms with Crippen molar-refractivity contribution in [1.29, 1.82) is 0 Å². The van der Waals surface area contributed by atoms with Gasteiger partial charge in [0.05, 0.1) is 0 Å². The van der Waals surface area contributed by atoms with E-state index >= 15 is 0 Å². The lowest BCUT2D eigenvalue weighted by Crippen LogP contribution is -2.54. The topological polar surface area (TPSA) is 37.3 Å². The highest BCUT2D eigenvalue weighted by Crippen LogP contribution is 2.69. The van der Waals surface area contributed by atoms with Crippen molar-refractivity contribution in [3.8, 4) is 0 Å². The second-order valence-corrected chi connectivity index (χ2v) is 7.66. The minimum Gasteiger partial charge on any atom is -0.478 e. The van der Waals surface area contributed by atoms with Crippen LogP contribution in [0.25, 0.3) is 0 Å². The van der Waals surface area contributed by atoms with E-state index in [-0.39, 0.29) is 5.41 Å². The van der Waals surface area contributed by atoms with E-state index in [0.717, 1.165) is 5.92 Å². The molecular formula is C15H22O2. The van der Waals surface area contributed by atoms with Crippen LogP contribution in [0.3, 0.4) is 0 Å². The molecular weight excluding hydrogens is 212 g/mol. The standard InChI is InChI=1S/C15H22O2/c1-13-5-11-6-14(2,8-13)10-15(7-11,9-13)4-3-12(16)17/h3-4,11H,5-10H2,1-2H3,(H,16,17)/b4-3+. The molecule has 0 heterocycles. The van der Waals surface area contributed by atoms with Gasteiger partial charge in [-0.3, -0.25) is 0 Å². The van der Waals surface area contributed by atoms with Gasteiger partial charge in [-0.2, -0.15) is 0 Å². The summed E-state index contributed by atoms with van der Waals surface area (Å²) in [7, 11) is 0. The Morgan fingerprint density at radius 1 is 1.12 bits per heavy atom. The number of aliphatic carboxylic acids is 1. The van der Waals surface area contributed by atoms with Gasteiger partial charge in [-0.1, -0.05) is 19.9 Å². The third kappa shape index (κ3) is 1.82. The van der Waals surface area contributed by atoms with Gasteiger partial charge in [0, 0.05) is 6.08 Å². The third-order valence-electron chi connectivity index (χ3n) is 5.25. The maximum atomic E-state index is 10.8. The fourth-order valence-electron chi connectivity index (χ4n) is 5.97. The van der Waals surface area contributed by atoms with E-state index in [1.54, 1.807) is 0 Å². The molecule has 2 nitrogen and oxygen atoms in total. The van der Waals surface area contributed by atoms with Gasteiger partial charge in [-0.25, -0.2) is 4.79 Å². The van der Waals surface area contributed by atoms with E-state index in [0.29, 0.717) is 10.8 Å². The molecule has 0 aromatic carbocycles. The van der Waals surface area contributed by atoms with E-state index in [1.807, 2.05) is 6.08 Å². The number of rotatable bonds is 2. The summed E-state index contributed by atoms with van der Waals surface area (Å²) in [4.78, 5) is 10.8. The van der Waals surface area contributed by atoms with Crippen molar-refractivity contribution in [3.63, 3.8) is 0 Å². The first-order valence-electron chi connectivity index (χ1n) is 6.75. The van der Waals surface area contributed by atoms with E-state index in [4.69, 9.17) is 5.11 Å². The van der Waals surface area contributed by atoms with Crippen LogP contribution in [0.15, 0.2) is 12.2 Å². The first kappa shape index (κ1) is 11.3. The van der Waals surface area contributed by atoms with Gasteiger partial charge in [-0.05, 0) is 60.7 Å². The van der Waals surface area contributed by atoms with Crippen LogP contribution in [0.5, 0.6) is 0 Å². The van der Waals surface area contributed by atoms with Crippen molar-refractivity contribution >= 4 is 5.97 Å². The largest absolute Gasteiger partial charge is 0.478 e. The number of carboxylic acids is 1. The Hall–Kier alpha value is -0.790. The molecule has 2 unspecified atom stereocenters. The van der Waals surface area contributed by atoms with Crippen molar-refractivity contribution < 1.29 is 9.90 Å². The average molecular weight is 234 g/mol. The second kappa shape index (κ2) is 3.15. The molecule has 4 rings (SSSR count). The van der Waals surface area contributed by atoms with Crippen LogP contribution in [0.4, 0.5) is 0 Å². The van der Waals surface area contributed by atoms with Gasteiger partial charge in [0.25, 0.3) is 0 Å². The first-order valence-corrected chi connectivity index (χ1v) is 6.75. The molecule has 0 radical (unpaired) electrons. The summed E-state index contributed by atoms with van der Waals surface area (Å²) in [5, 5.41) is 8.86. The molecule has 94 valence electrons. The number of carboxylic acid groups (broad SMARTS) is 1. The van der Waals surface area contributed by atoms with Gasteiger partial charge >= 0.3 is 5.97 Å². The normalized spacial score (nSPS) is 52.2. The summed E-state index contributed by atoms with van der Waals surface area (Å²) in [5.41, 5.74) is 1.13. The quantitative estimate of drug-likeness (QED) is 0.741. The van der Waals surface area contributed by atoms with Gasteiger partial charge in [0.2, 0.25) is 0 Å². The highest BCUT2D eigenvalue weighted by atomic mass is 16.4. The van der Waals surface area contributed by atoms with E-state index in [2.05, 4.69) is 13.8 Å². The predicted octanol–water partition coefficient (Wildman–Crippen LogP) is 3.62. The fourth-order valence-corrected chi connectivity index (χ4v) is 5.97. The van der Waals surface area contributed by atoms with Crippen LogP contribution in [0.1, 0.15) is 52.4 Å². The van der Waals surface area contributed by atoms with Gasteiger partial charge < -0.3 is 5.11 Å². The molecule has 2 atom stereocenters. The molecule has 2 heteroatoms. The molecule has 0 aliphatic heterocycles. The van der Waals surface area contributed by atoms with Crippen LogP contribution in [-0.4, -0.2) is 11.1 Å². The molecule has 1 N–H and O–H groups in total. The Morgan fingerprint density at radius 3 is 2.18 bits per heavy atom. The minimum atomic E-state index is -0.795. The zero-order valence-electron chi connectivity index (χ0n) is 10.8. The van der Waals surface area contributed by atoms with Gasteiger partial charge in [0.1, 0.15) is 0 Å². The molecule has 4 aliphatic carbocycles. The lowest BCUT2D eigenvalue weighted by atomic mass is 9.40. The van der Waals surface area contributed by atoms with Crippen LogP contribution >= 0.6 is 0 Å². The fraction of sp³-hybridized carbons (Fsp3) is 0.800. The van der Waals surface area contributed by atoms with Crippen LogP contribution in [0.2, 0.25) is 0 Å². The van der Waals surface area contributed by atoms with Crippen LogP contribution in [-0.2, 0) is 4.79 Å². The maximum Gasteiger partial charge on any atom is 0.327 e. The number of carbonyl (C=O) groups is 1. The SMILES string of the molecule is CC12CC3CC(C)(C1)CC(/C=C/C(=O)O)(C3)C2. The molecule has 0 saturated heterocycles. The Bertz CT molecular complexity index is 378. The van der Waals surface area contributed by atoms with Crippen molar-refractivity contribution in [2.75, 3.05) is 0 Å². The van der Waals surface area contributed by atoms with Crippen LogP contribution < -0.4 is 0 Å². The highest BCUT2D eigenvalue weighted by Gasteiger charge is 2.59. The third-order valence-corrected chi connectivity index (χ3v) is 5.25. The molecule has 0 aromatic heterocycles. The molecule has 0 aromatic rings. The summed E-state index contributed by atoms with van der Waals surface area (Å²) in [5.74, 6) is 0.0377. The lowest BCUT2D eigenvalue weighted by molar-refractivity contribution is -0.133. The smallest absolute Gasteiger partial charge is 0.327 e. The second-order valence-electron chi connectivity index (χ2n) is 7.66. The van der Waals surface area contributed by atoms with Gasteiger partial charge in [-0.15, -0.1) is 0 Å². The molecule has 0 amide bonds. The van der Waals surface area contributed by atoms with E-state index in [1.165, 1.54) is 44.6 Å². The lowest BCUT2D eigenvalue weighted by Gasteiger charge is -2.64. The number of hydrogen-bond acceptors (Lipinski definition) is 1. The molecule has 4 fully saturated rings. The van der Waals surface area contributed by atoms with E-state index in [9.17, 15) is 4.79 Å². The summed E-state index contributed by atoms with van der Waals surface area (Å²) in [6.07, 6.45) is 11.1. The summed E-state index contributed by atoms with van der Waals surface area (Å²) in [6.45, 7) is 4.83. The molecule has 4 saturated carbocycles. The molecule has 4 bridgehead atoms. The molecule has 17 heavy (non-hydrogen) atoms. The predicted molar refractivity (Wildman–Crippen MR) is 66.6 cm³/mol. The first-order chi connectivity index (χ1) is 7.82. The maximum absolute atomic E-state index is 10.8.